The van der Waals surface area contributed by atoms with Crippen LogP contribution in [0.15, 0.2) is 35.5 Å². The van der Waals surface area contributed by atoms with Gasteiger partial charge in [-0.1, -0.05) is 55.9 Å². The van der Waals surface area contributed by atoms with Gasteiger partial charge >= 0.3 is 6.18 Å². The summed E-state index contributed by atoms with van der Waals surface area (Å²) in [6.07, 6.45) is -3.95. The van der Waals surface area contributed by atoms with Crippen LogP contribution in [0.5, 0.6) is 0 Å². The maximum absolute atomic E-state index is 12.7. The summed E-state index contributed by atoms with van der Waals surface area (Å²) in [5.41, 5.74) is 0.973. The normalized spacial score (nSPS) is 13.0. The van der Waals surface area contributed by atoms with E-state index in [0.29, 0.717) is 10.6 Å². The number of carbonyl (C=O) groups excluding carboxylic acids is 1. The Kier molecular flexibility index (Phi) is 6.52. The van der Waals surface area contributed by atoms with Crippen molar-refractivity contribution in [2.45, 2.75) is 37.6 Å². The van der Waals surface area contributed by atoms with E-state index in [1.165, 1.54) is 0 Å². The number of nitrogens with two attached hydrogens (primary N) is 1. The molecule has 0 radical (unpaired) electrons. The third-order valence-electron chi connectivity index (χ3n) is 3.49. The van der Waals surface area contributed by atoms with E-state index in [4.69, 9.17) is 5.84 Å². The molecule has 1 atom stereocenters. The number of benzene rings is 1. The molecule has 1 unspecified atom stereocenters. The van der Waals surface area contributed by atoms with Gasteiger partial charge in [0.05, 0.1) is 11.8 Å². The first-order chi connectivity index (χ1) is 12.2. The van der Waals surface area contributed by atoms with E-state index in [1.807, 2.05) is 44.2 Å². The predicted octanol–water partition coefficient (Wildman–Crippen LogP) is 3.01. The van der Waals surface area contributed by atoms with Crippen LogP contribution >= 0.6 is 11.8 Å². The number of hydrogen-bond donors (Lipinski definition) is 2. The summed E-state index contributed by atoms with van der Waals surface area (Å²) in [6, 6.07) is 9.34. The van der Waals surface area contributed by atoms with Crippen molar-refractivity contribution < 1.29 is 18.0 Å². The fourth-order valence-corrected chi connectivity index (χ4v) is 3.04. The molecule has 142 valence electrons. The summed E-state index contributed by atoms with van der Waals surface area (Å²) in [5, 5.41) is 9.15. The van der Waals surface area contributed by atoms with Gasteiger partial charge in [0.15, 0.2) is 0 Å². The van der Waals surface area contributed by atoms with E-state index in [1.54, 1.807) is 0 Å². The van der Waals surface area contributed by atoms with Crippen LogP contribution in [-0.2, 0) is 11.0 Å². The van der Waals surface area contributed by atoms with E-state index in [-0.39, 0.29) is 22.9 Å². The Labute approximate surface area is 153 Å². The molecule has 3 N–H and O–H groups in total. The first-order valence-electron chi connectivity index (χ1n) is 7.93. The average molecular weight is 387 g/mol. The van der Waals surface area contributed by atoms with E-state index >= 15 is 0 Å². The largest absolute Gasteiger partial charge is 0.453 e. The van der Waals surface area contributed by atoms with Crippen molar-refractivity contribution in [2.75, 3.05) is 11.6 Å². The lowest BCUT2D eigenvalue weighted by Gasteiger charge is -2.21. The van der Waals surface area contributed by atoms with Gasteiger partial charge in [-0.2, -0.15) is 13.2 Å². The van der Waals surface area contributed by atoms with Crippen LogP contribution in [0.4, 0.5) is 13.2 Å². The third kappa shape index (κ3) is 5.38. The van der Waals surface area contributed by atoms with Crippen LogP contribution in [0.25, 0.3) is 0 Å². The molecule has 2 rings (SSSR count). The summed E-state index contributed by atoms with van der Waals surface area (Å²) < 4.78 is 38.3. The number of amides is 1. The highest BCUT2D eigenvalue weighted by Crippen LogP contribution is 2.29. The molecule has 0 spiro atoms. The second kappa shape index (κ2) is 8.43. The average Bonchev–Trinajstić information content (AvgIpc) is 2.94. The topological polar surface area (TPSA) is 85.8 Å². The molecular weight excluding hydrogens is 367 g/mol. The molecule has 2 aromatic rings. The highest BCUT2D eigenvalue weighted by atomic mass is 32.2. The van der Waals surface area contributed by atoms with Gasteiger partial charge in [0.2, 0.25) is 11.1 Å². The van der Waals surface area contributed by atoms with Crippen molar-refractivity contribution in [2.24, 2.45) is 5.92 Å². The fourth-order valence-electron chi connectivity index (χ4n) is 2.37. The van der Waals surface area contributed by atoms with Crippen molar-refractivity contribution in [1.29, 1.82) is 0 Å². The fraction of sp³-hybridized carbons (Fsp3) is 0.438. The molecular formula is C16H20F3N5OS. The van der Waals surface area contributed by atoms with Crippen LogP contribution in [0.1, 0.15) is 37.7 Å². The highest BCUT2D eigenvalue weighted by molar-refractivity contribution is 7.99. The number of alkyl halides is 3. The maximum atomic E-state index is 12.7. The summed E-state index contributed by atoms with van der Waals surface area (Å²) in [7, 11) is 0. The van der Waals surface area contributed by atoms with Gasteiger partial charge in [-0.3, -0.25) is 4.79 Å². The Hall–Kier alpha value is -2.23. The molecule has 0 saturated carbocycles. The Balaban J connectivity index is 2.00. The van der Waals surface area contributed by atoms with Crippen LogP contribution in [0.2, 0.25) is 0 Å². The molecule has 0 bridgehead atoms. The minimum absolute atomic E-state index is 0.116. The first kappa shape index (κ1) is 20.1. The van der Waals surface area contributed by atoms with Gasteiger partial charge in [0, 0.05) is 0 Å². The second-order valence-electron chi connectivity index (χ2n) is 6.12. The molecule has 1 heterocycles. The number of hydrogen-bond acceptors (Lipinski definition) is 5. The second-order valence-corrected chi connectivity index (χ2v) is 7.07. The van der Waals surface area contributed by atoms with Crippen molar-refractivity contribution in [3.05, 3.63) is 41.7 Å². The van der Waals surface area contributed by atoms with Gasteiger partial charge in [0.1, 0.15) is 0 Å². The van der Waals surface area contributed by atoms with Crippen molar-refractivity contribution >= 4 is 17.7 Å². The molecule has 1 amide bonds. The molecule has 10 heteroatoms. The lowest BCUT2D eigenvalue weighted by molar-refractivity contribution is -0.146. The van der Waals surface area contributed by atoms with Crippen molar-refractivity contribution in [3.63, 3.8) is 0 Å². The zero-order valence-corrected chi connectivity index (χ0v) is 15.1. The lowest BCUT2D eigenvalue weighted by Crippen LogP contribution is -2.31. The van der Waals surface area contributed by atoms with Crippen LogP contribution < -0.4 is 11.2 Å². The quantitative estimate of drug-likeness (QED) is 0.563. The van der Waals surface area contributed by atoms with Crippen LogP contribution in [0, 0.1) is 5.92 Å². The van der Waals surface area contributed by atoms with Crippen LogP contribution in [-0.4, -0.2) is 26.5 Å². The van der Waals surface area contributed by atoms with Crippen molar-refractivity contribution in [1.82, 2.24) is 20.2 Å². The van der Waals surface area contributed by atoms with E-state index in [2.05, 4.69) is 15.5 Å². The number of nitrogens with zero attached hydrogens (tertiary/aromatic N) is 3. The Morgan fingerprint density at radius 1 is 1.27 bits per heavy atom. The van der Waals surface area contributed by atoms with Crippen molar-refractivity contribution in [3.8, 4) is 0 Å². The van der Waals surface area contributed by atoms with Gasteiger partial charge in [-0.15, -0.1) is 10.2 Å². The third-order valence-corrected chi connectivity index (χ3v) is 4.44. The van der Waals surface area contributed by atoms with E-state index < -0.39 is 12.0 Å². The molecule has 0 aliphatic rings. The monoisotopic (exact) mass is 387 g/mol. The number of nitrogens with one attached hydrogen (secondary N) is 1. The summed E-state index contributed by atoms with van der Waals surface area (Å²) in [5.74, 6) is 3.97. The molecule has 1 aromatic carbocycles. The SMILES string of the molecule is CC(C)CC(NC(=O)CSc1nnc(C(F)(F)F)n1N)c1ccccc1. The minimum Gasteiger partial charge on any atom is -0.349 e. The number of carbonyl (C=O) groups is 1. The van der Waals surface area contributed by atoms with Crippen LogP contribution in [0.3, 0.4) is 0 Å². The van der Waals surface area contributed by atoms with E-state index in [9.17, 15) is 18.0 Å². The summed E-state index contributed by atoms with van der Waals surface area (Å²) in [4.78, 5) is 12.2. The van der Waals surface area contributed by atoms with Gasteiger partial charge in [-0.25, -0.2) is 4.68 Å². The number of thioether (sulfide) groups is 1. The van der Waals surface area contributed by atoms with Gasteiger partial charge in [-0.05, 0) is 17.9 Å². The van der Waals surface area contributed by atoms with Gasteiger partial charge < -0.3 is 11.2 Å². The highest BCUT2D eigenvalue weighted by Gasteiger charge is 2.38. The molecule has 0 aliphatic heterocycles. The standard InChI is InChI=1S/C16H20F3N5OS/c1-10(2)8-12(11-6-4-3-5-7-11)21-13(25)9-26-15-23-22-14(24(15)20)16(17,18)19/h3-7,10,12H,8-9,20H2,1-2H3,(H,21,25). The Morgan fingerprint density at radius 3 is 2.46 bits per heavy atom. The minimum atomic E-state index is -4.70. The molecule has 0 saturated heterocycles. The maximum Gasteiger partial charge on any atom is 0.453 e. The molecule has 0 fully saturated rings. The molecule has 1 aromatic heterocycles. The zero-order valence-electron chi connectivity index (χ0n) is 14.3. The molecule has 6 nitrogen and oxygen atoms in total. The molecule has 0 aliphatic carbocycles. The molecule has 26 heavy (non-hydrogen) atoms. The number of nitrogen functional groups attached to an aromatic ring is 1. The Bertz CT molecular complexity index is 733. The van der Waals surface area contributed by atoms with E-state index in [0.717, 1.165) is 23.7 Å². The summed E-state index contributed by atoms with van der Waals surface area (Å²) >= 11 is 0.800. The zero-order chi connectivity index (χ0) is 19.3. The van der Waals surface area contributed by atoms with Gasteiger partial charge in [0.25, 0.3) is 5.82 Å². The lowest BCUT2D eigenvalue weighted by atomic mass is 9.97. The Morgan fingerprint density at radius 2 is 1.92 bits per heavy atom. The predicted molar refractivity (Wildman–Crippen MR) is 92.7 cm³/mol. The smallest absolute Gasteiger partial charge is 0.349 e. The summed E-state index contributed by atoms with van der Waals surface area (Å²) in [6.45, 7) is 4.10. The number of aromatic nitrogens is 3. The first-order valence-corrected chi connectivity index (χ1v) is 8.91. The number of rotatable bonds is 7. The number of halogens is 3.